The molecule has 0 spiro atoms. The molecule has 2 heterocycles. The molecule has 13 heteroatoms. The van der Waals surface area contributed by atoms with Crippen LogP contribution in [-0.2, 0) is 14.2 Å². The fourth-order valence-electron chi connectivity index (χ4n) is 4.86. The number of fused-ring (bicyclic) bond motifs is 2. The van der Waals surface area contributed by atoms with E-state index in [9.17, 15) is 14.7 Å². The van der Waals surface area contributed by atoms with Crippen molar-refractivity contribution in [2.75, 3.05) is 33.1 Å². The Morgan fingerprint density at radius 2 is 1.60 bits per heavy atom. The molecule has 2 unspecified atom stereocenters. The van der Waals surface area contributed by atoms with Gasteiger partial charge in [0.05, 0.1) is 18.7 Å². The highest BCUT2D eigenvalue weighted by Crippen LogP contribution is 2.43. The Morgan fingerprint density at radius 1 is 0.977 bits per heavy atom. The summed E-state index contributed by atoms with van der Waals surface area (Å²) in [4.78, 5) is 29.8. The number of halogens is 3. The van der Waals surface area contributed by atoms with Crippen LogP contribution in [0.1, 0.15) is 46.6 Å². The van der Waals surface area contributed by atoms with Crippen LogP contribution in [0.15, 0.2) is 29.8 Å². The van der Waals surface area contributed by atoms with Gasteiger partial charge in [-0.2, -0.15) is 0 Å². The van der Waals surface area contributed by atoms with E-state index in [2.05, 4.69) is 19.6 Å². The molecule has 2 aliphatic rings. The van der Waals surface area contributed by atoms with Crippen LogP contribution in [0.4, 0.5) is 9.59 Å². The van der Waals surface area contributed by atoms with Gasteiger partial charge in [-0.05, 0) is 75.9 Å². The fourth-order valence-corrected chi connectivity index (χ4v) is 5.73. The molecule has 0 aliphatic carbocycles. The number of alkyl halides is 3. The van der Waals surface area contributed by atoms with Gasteiger partial charge in [-0.15, -0.1) is 0 Å². The molecule has 1 aromatic rings. The highest BCUT2D eigenvalue weighted by molar-refractivity contribution is 6.76. The average molecular weight is 680 g/mol. The Hall–Kier alpha value is -1.69. The maximum Gasteiger partial charge on any atom is 0.411 e. The lowest BCUT2D eigenvalue weighted by Crippen LogP contribution is -2.65. The number of aliphatic hydroxyl groups excluding tert-OH is 1. The third kappa shape index (κ3) is 9.65. The molecule has 9 nitrogen and oxygen atoms in total. The average Bonchev–Trinajstić information content (AvgIpc) is 2.85. The van der Waals surface area contributed by atoms with Crippen LogP contribution in [0.25, 0.3) is 5.57 Å². The second kappa shape index (κ2) is 13.7. The molecule has 1 N–H and O–H groups in total. The largest absolute Gasteiger partial charge is 0.468 e. The van der Waals surface area contributed by atoms with E-state index >= 15 is 0 Å². The predicted molar refractivity (Wildman–Crippen MR) is 173 cm³/mol. The molecule has 2 atom stereocenters. The van der Waals surface area contributed by atoms with Gasteiger partial charge in [0.1, 0.15) is 11.4 Å². The van der Waals surface area contributed by atoms with Crippen molar-refractivity contribution in [1.82, 2.24) is 9.80 Å². The topological polar surface area (TPSA) is 97.8 Å². The van der Waals surface area contributed by atoms with Crippen molar-refractivity contribution >= 4 is 60.6 Å². The van der Waals surface area contributed by atoms with E-state index in [1.165, 1.54) is 13.8 Å². The Balaban J connectivity index is 1.87. The van der Waals surface area contributed by atoms with Gasteiger partial charge >= 0.3 is 12.2 Å². The first-order valence-electron chi connectivity index (χ1n) is 14.4. The zero-order valence-electron chi connectivity index (χ0n) is 26.3. The molecule has 0 saturated carbocycles. The number of carbonyl (C=O) groups excluding carboxylic acids is 2. The smallest absolute Gasteiger partial charge is 0.411 e. The van der Waals surface area contributed by atoms with Crippen molar-refractivity contribution in [3.63, 3.8) is 0 Å². The van der Waals surface area contributed by atoms with Gasteiger partial charge in [-0.25, -0.2) is 9.59 Å². The monoisotopic (exact) mass is 678 g/mol. The van der Waals surface area contributed by atoms with Crippen molar-refractivity contribution in [1.29, 1.82) is 0 Å². The standard InChI is InChI=1S/C30H45Cl3N2O7Si/c1-28(2,3)41-26(37)34-16-21-15-23(20-9-11-22(12-10-20)40-19-39-13-14-43(6,7)8)24(18-36)25(17-34)35(21)27(38)42-29(4,5)30(31,32)33/h9-12,21,25,36H,13-19H2,1-8H3. The van der Waals surface area contributed by atoms with Gasteiger partial charge in [0.25, 0.3) is 0 Å². The number of amides is 2. The van der Waals surface area contributed by atoms with E-state index in [4.69, 9.17) is 53.8 Å². The second-order valence-electron chi connectivity index (χ2n) is 13.7. The summed E-state index contributed by atoms with van der Waals surface area (Å²) in [5.41, 5.74) is 0.235. The number of carbonyl (C=O) groups is 2. The number of ether oxygens (including phenoxy) is 4. The summed E-state index contributed by atoms with van der Waals surface area (Å²) in [6.45, 7) is 16.1. The van der Waals surface area contributed by atoms with Crippen molar-refractivity contribution in [2.45, 2.75) is 93.8 Å². The predicted octanol–water partition coefficient (Wildman–Crippen LogP) is 7.10. The van der Waals surface area contributed by atoms with Crippen LogP contribution in [0.3, 0.4) is 0 Å². The van der Waals surface area contributed by atoms with E-state index < -0.39 is 47.3 Å². The quantitative estimate of drug-likeness (QED) is 0.129. The van der Waals surface area contributed by atoms with E-state index in [-0.39, 0.29) is 26.5 Å². The minimum Gasteiger partial charge on any atom is -0.468 e. The molecule has 2 amide bonds. The van der Waals surface area contributed by atoms with E-state index in [1.54, 1.807) is 30.6 Å². The first-order valence-corrected chi connectivity index (χ1v) is 19.3. The lowest BCUT2D eigenvalue weighted by molar-refractivity contribution is -0.0328. The van der Waals surface area contributed by atoms with Gasteiger partial charge in [-0.1, -0.05) is 66.6 Å². The molecule has 2 bridgehead atoms. The molecule has 242 valence electrons. The normalized spacial score (nSPS) is 19.8. The maximum absolute atomic E-state index is 13.6. The number of nitrogens with zero attached hydrogens (tertiary/aromatic N) is 2. The number of benzene rings is 1. The summed E-state index contributed by atoms with van der Waals surface area (Å²) in [5.74, 6) is 0.661. The number of piperazine rings is 1. The molecule has 1 saturated heterocycles. The molecule has 3 rings (SSSR count). The lowest BCUT2D eigenvalue weighted by Gasteiger charge is -2.51. The van der Waals surface area contributed by atoms with Crippen LogP contribution in [0.5, 0.6) is 5.75 Å². The molecule has 2 aliphatic heterocycles. The van der Waals surface area contributed by atoms with Crippen LogP contribution < -0.4 is 4.74 Å². The lowest BCUT2D eigenvalue weighted by atomic mass is 9.82. The third-order valence-corrected chi connectivity index (χ3v) is 10.4. The van der Waals surface area contributed by atoms with E-state index in [0.29, 0.717) is 24.4 Å². The Labute approximate surface area is 271 Å². The molecule has 0 aromatic heterocycles. The summed E-state index contributed by atoms with van der Waals surface area (Å²) < 4.78 is 20.9. The molecule has 1 aromatic carbocycles. The highest BCUT2D eigenvalue weighted by atomic mass is 35.6. The zero-order valence-corrected chi connectivity index (χ0v) is 29.6. The second-order valence-corrected chi connectivity index (χ2v) is 21.6. The Kier molecular flexibility index (Phi) is 11.4. The van der Waals surface area contributed by atoms with Crippen LogP contribution >= 0.6 is 34.8 Å². The summed E-state index contributed by atoms with van der Waals surface area (Å²) >= 11 is 18.3. The summed E-state index contributed by atoms with van der Waals surface area (Å²) in [6, 6.07) is 7.44. The number of rotatable bonds is 9. The van der Waals surface area contributed by atoms with Crippen LogP contribution in [0.2, 0.25) is 25.7 Å². The van der Waals surface area contributed by atoms with Crippen molar-refractivity contribution in [3.05, 3.63) is 35.4 Å². The van der Waals surface area contributed by atoms with E-state index in [0.717, 1.165) is 17.2 Å². The van der Waals surface area contributed by atoms with E-state index in [1.807, 2.05) is 24.3 Å². The number of aliphatic hydroxyl groups is 1. The molecule has 43 heavy (non-hydrogen) atoms. The number of hydrogen-bond acceptors (Lipinski definition) is 7. The molecular formula is C30H45Cl3N2O7Si. The highest BCUT2D eigenvalue weighted by Gasteiger charge is 2.50. The zero-order chi connectivity index (χ0) is 32.4. The minimum absolute atomic E-state index is 0.101. The van der Waals surface area contributed by atoms with Gasteiger partial charge < -0.3 is 29.0 Å². The first-order chi connectivity index (χ1) is 19.7. The molecule has 1 fully saturated rings. The fraction of sp³-hybridized carbons (Fsp3) is 0.667. The van der Waals surface area contributed by atoms with Crippen molar-refractivity contribution in [3.8, 4) is 5.75 Å². The van der Waals surface area contributed by atoms with Crippen LogP contribution in [-0.4, -0.2) is 95.3 Å². The first kappa shape index (κ1) is 35.8. The van der Waals surface area contributed by atoms with Crippen LogP contribution in [0, 0.1) is 0 Å². The summed E-state index contributed by atoms with van der Waals surface area (Å²) in [6.07, 6.45) is -0.834. The molecular weight excluding hydrogens is 635 g/mol. The van der Waals surface area contributed by atoms with Gasteiger partial charge in [0.2, 0.25) is 3.79 Å². The summed E-state index contributed by atoms with van der Waals surface area (Å²) in [5, 5.41) is 10.6. The van der Waals surface area contributed by atoms with Gasteiger partial charge in [0, 0.05) is 27.8 Å². The minimum atomic E-state index is -1.87. The maximum atomic E-state index is 13.6. The summed E-state index contributed by atoms with van der Waals surface area (Å²) in [7, 11) is -1.17. The van der Waals surface area contributed by atoms with Crippen molar-refractivity contribution in [2.24, 2.45) is 0 Å². The SMILES string of the molecule is CC(C)(C)OC(=O)N1CC2CC(c3ccc(OCOCC[Si](C)(C)C)cc3)=C(CO)C(C1)N2C(=O)OC(C)(C)C(Cl)(Cl)Cl. The molecule has 0 radical (unpaired) electrons. The number of hydrogen-bond donors (Lipinski definition) is 1. The third-order valence-electron chi connectivity index (χ3n) is 7.35. The van der Waals surface area contributed by atoms with Gasteiger partial charge in [0.15, 0.2) is 12.4 Å². The Morgan fingerprint density at radius 3 is 2.14 bits per heavy atom. The van der Waals surface area contributed by atoms with Gasteiger partial charge in [-0.3, -0.25) is 4.90 Å². The Bertz CT molecular complexity index is 1170. The van der Waals surface area contributed by atoms with Crippen molar-refractivity contribution < 1.29 is 33.6 Å².